The van der Waals surface area contributed by atoms with Crippen LogP contribution >= 0.6 is 0 Å². The van der Waals surface area contributed by atoms with Gasteiger partial charge >= 0.3 is 5.76 Å². The van der Waals surface area contributed by atoms with E-state index < -0.39 is 0 Å². The molecule has 1 fully saturated rings. The number of nitrogens with zero attached hydrogens (tertiary/aromatic N) is 2. The van der Waals surface area contributed by atoms with Crippen molar-refractivity contribution in [2.24, 2.45) is 0 Å². The van der Waals surface area contributed by atoms with Crippen molar-refractivity contribution in [3.05, 3.63) is 34.3 Å². The molecule has 1 aromatic carbocycles. The number of Topliss-reactive ketones (excluding diaryl/α,β-unsaturated/α-hetero) is 1. The van der Waals surface area contributed by atoms with E-state index in [0.717, 1.165) is 51.2 Å². The topological polar surface area (TPSA) is 64.7 Å². The minimum Gasteiger partial charge on any atom is -0.408 e. The van der Waals surface area contributed by atoms with E-state index in [0.29, 0.717) is 24.1 Å². The van der Waals surface area contributed by atoms with Gasteiger partial charge in [0.25, 0.3) is 0 Å². The molecule has 24 heavy (non-hydrogen) atoms. The van der Waals surface area contributed by atoms with Crippen LogP contribution in [0.2, 0.25) is 0 Å². The minimum atomic E-state index is -0.364. The minimum absolute atomic E-state index is 0.0995. The van der Waals surface area contributed by atoms with E-state index in [1.807, 2.05) is 6.07 Å². The number of carbonyl (C=O) groups is 1. The number of ether oxygens (including phenoxy) is 1. The van der Waals surface area contributed by atoms with E-state index in [1.54, 1.807) is 16.7 Å². The molecule has 0 N–H and O–H groups in total. The molecule has 0 bridgehead atoms. The second kappa shape index (κ2) is 7.77. The standard InChI is InChI=1S/C18H24N2O4/c1-2-3-4-16(21)14-5-6-15-17(13-14)24-18(22)20(15)8-7-19-9-11-23-12-10-19/h5-6,13H,2-4,7-12H2,1H3. The molecule has 1 aromatic heterocycles. The first-order valence-corrected chi connectivity index (χ1v) is 8.65. The fourth-order valence-electron chi connectivity index (χ4n) is 3.00. The molecule has 1 aliphatic heterocycles. The molecule has 1 saturated heterocycles. The monoisotopic (exact) mass is 332 g/mol. The predicted molar refractivity (Wildman–Crippen MR) is 91.6 cm³/mol. The Bertz CT molecular complexity index is 756. The lowest BCUT2D eigenvalue weighted by molar-refractivity contribution is 0.0363. The molecule has 0 amide bonds. The molecule has 0 unspecified atom stereocenters. The number of benzene rings is 1. The number of rotatable bonds is 7. The maximum absolute atomic E-state index is 12.1. The summed E-state index contributed by atoms with van der Waals surface area (Å²) in [4.78, 5) is 26.5. The van der Waals surface area contributed by atoms with Gasteiger partial charge in [-0.05, 0) is 24.6 Å². The summed E-state index contributed by atoms with van der Waals surface area (Å²) < 4.78 is 12.3. The van der Waals surface area contributed by atoms with Crippen LogP contribution in [0.3, 0.4) is 0 Å². The van der Waals surface area contributed by atoms with E-state index in [-0.39, 0.29) is 11.5 Å². The molecule has 6 nitrogen and oxygen atoms in total. The molecule has 3 rings (SSSR count). The highest BCUT2D eigenvalue weighted by Gasteiger charge is 2.15. The van der Waals surface area contributed by atoms with Crippen molar-refractivity contribution < 1.29 is 13.9 Å². The number of carbonyl (C=O) groups excluding carboxylic acids is 1. The molecule has 0 spiro atoms. The van der Waals surface area contributed by atoms with Gasteiger partial charge in [-0.25, -0.2) is 4.79 Å². The van der Waals surface area contributed by atoms with E-state index >= 15 is 0 Å². The number of unbranched alkanes of at least 4 members (excludes halogenated alkanes) is 1. The quantitative estimate of drug-likeness (QED) is 0.728. The number of ketones is 1. The maximum Gasteiger partial charge on any atom is 0.419 e. The van der Waals surface area contributed by atoms with E-state index in [9.17, 15) is 9.59 Å². The Labute approximate surface area is 141 Å². The van der Waals surface area contributed by atoms with Gasteiger partial charge in [-0.2, -0.15) is 0 Å². The van der Waals surface area contributed by atoms with Crippen LogP contribution in [0.15, 0.2) is 27.4 Å². The van der Waals surface area contributed by atoms with Gasteiger partial charge in [0.1, 0.15) is 0 Å². The van der Waals surface area contributed by atoms with Crippen molar-refractivity contribution in [3.8, 4) is 0 Å². The lowest BCUT2D eigenvalue weighted by Crippen LogP contribution is -2.38. The van der Waals surface area contributed by atoms with Gasteiger partial charge in [0.2, 0.25) is 0 Å². The fraction of sp³-hybridized carbons (Fsp3) is 0.556. The van der Waals surface area contributed by atoms with Crippen LogP contribution in [0.1, 0.15) is 36.5 Å². The number of hydrogen-bond acceptors (Lipinski definition) is 5. The van der Waals surface area contributed by atoms with Crippen molar-refractivity contribution in [1.82, 2.24) is 9.47 Å². The van der Waals surface area contributed by atoms with E-state index in [4.69, 9.17) is 9.15 Å². The predicted octanol–water partition coefficient (Wildman–Crippen LogP) is 2.30. The summed E-state index contributed by atoms with van der Waals surface area (Å²) in [6.07, 6.45) is 2.40. The first-order valence-electron chi connectivity index (χ1n) is 8.65. The first kappa shape index (κ1) is 16.9. The largest absolute Gasteiger partial charge is 0.419 e. The average molecular weight is 332 g/mol. The molecule has 130 valence electrons. The summed E-state index contributed by atoms with van der Waals surface area (Å²) in [7, 11) is 0. The first-order chi connectivity index (χ1) is 11.7. The molecule has 2 aromatic rings. The highest BCUT2D eigenvalue weighted by atomic mass is 16.5. The molecular weight excluding hydrogens is 308 g/mol. The zero-order valence-corrected chi connectivity index (χ0v) is 14.1. The van der Waals surface area contributed by atoms with Crippen LogP contribution in [0, 0.1) is 0 Å². The summed E-state index contributed by atoms with van der Waals surface area (Å²) in [5, 5.41) is 0. The van der Waals surface area contributed by atoms with Crippen LogP contribution in [0.25, 0.3) is 11.1 Å². The lowest BCUT2D eigenvalue weighted by atomic mass is 10.1. The van der Waals surface area contributed by atoms with Crippen LogP contribution in [0.4, 0.5) is 0 Å². The summed E-state index contributed by atoms with van der Waals surface area (Å²) in [6.45, 7) is 6.68. The molecular formula is C18H24N2O4. The van der Waals surface area contributed by atoms with Crippen molar-refractivity contribution in [1.29, 1.82) is 0 Å². The number of hydrogen-bond donors (Lipinski definition) is 0. The SMILES string of the molecule is CCCCC(=O)c1ccc2c(c1)oc(=O)n2CCN1CCOCC1. The van der Waals surface area contributed by atoms with E-state index in [2.05, 4.69) is 11.8 Å². The third-order valence-electron chi connectivity index (χ3n) is 4.49. The Morgan fingerprint density at radius 3 is 2.75 bits per heavy atom. The number of aromatic nitrogens is 1. The van der Waals surface area contributed by atoms with Gasteiger partial charge in [-0.1, -0.05) is 13.3 Å². The maximum atomic E-state index is 12.1. The molecule has 2 heterocycles. The normalized spacial score (nSPS) is 15.9. The highest BCUT2D eigenvalue weighted by molar-refractivity contribution is 5.98. The Hall–Kier alpha value is -1.92. The molecule has 1 aliphatic rings. The number of fused-ring (bicyclic) bond motifs is 1. The van der Waals surface area contributed by atoms with Gasteiger partial charge in [-0.15, -0.1) is 0 Å². The van der Waals surface area contributed by atoms with Gasteiger partial charge in [-0.3, -0.25) is 14.3 Å². The van der Waals surface area contributed by atoms with E-state index in [1.165, 1.54) is 0 Å². The van der Waals surface area contributed by atoms with Gasteiger partial charge in [0, 0.05) is 38.2 Å². The van der Waals surface area contributed by atoms with Crippen molar-refractivity contribution in [2.45, 2.75) is 32.7 Å². The Balaban J connectivity index is 1.75. The Morgan fingerprint density at radius 2 is 2.00 bits per heavy atom. The second-order valence-electron chi connectivity index (χ2n) is 6.18. The van der Waals surface area contributed by atoms with Crippen molar-refractivity contribution in [3.63, 3.8) is 0 Å². The zero-order chi connectivity index (χ0) is 16.9. The van der Waals surface area contributed by atoms with Crippen LogP contribution in [-0.4, -0.2) is 48.1 Å². The molecule has 0 saturated carbocycles. The lowest BCUT2D eigenvalue weighted by Gasteiger charge is -2.26. The second-order valence-corrected chi connectivity index (χ2v) is 6.18. The molecule has 6 heteroatoms. The molecule has 0 atom stereocenters. The highest BCUT2D eigenvalue weighted by Crippen LogP contribution is 2.17. The smallest absolute Gasteiger partial charge is 0.408 e. The number of oxazole rings is 1. The van der Waals surface area contributed by atoms with Crippen LogP contribution in [-0.2, 0) is 11.3 Å². The number of morpholine rings is 1. The van der Waals surface area contributed by atoms with Crippen LogP contribution in [0.5, 0.6) is 0 Å². The summed E-state index contributed by atoms with van der Waals surface area (Å²) in [5.41, 5.74) is 1.86. The molecule has 0 radical (unpaired) electrons. The Morgan fingerprint density at radius 1 is 1.21 bits per heavy atom. The Kier molecular flexibility index (Phi) is 5.48. The third-order valence-corrected chi connectivity index (χ3v) is 4.49. The van der Waals surface area contributed by atoms with Gasteiger partial charge in [0.05, 0.1) is 18.7 Å². The zero-order valence-electron chi connectivity index (χ0n) is 14.1. The van der Waals surface area contributed by atoms with Crippen LogP contribution < -0.4 is 5.76 Å². The van der Waals surface area contributed by atoms with Crippen molar-refractivity contribution >= 4 is 16.9 Å². The fourth-order valence-corrected chi connectivity index (χ4v) is 3.00. The summed E-state index contributed by atoms with van der Waals surface area (Å²) in [5.74, 6) is -0.265. The van der Waals surface area contributed by atoms with Gasteiger partial charge < -0.3 is 9.15 Å². The third kappa shape index (κ3) is 3.76. The van der Waals surface area contributed by atoms with Gasteiger partial charge in [0.15, 0.2) is 11.4 Å². The average Bonchev–Trinajstić information content (AvgIpc) is 2.93. The summed E-state index contributed by atoms with van der Waals surface area (Å²) in [6, 6.07) is 5.30. The summed E-state index contributed by atoms with van der Waals surface area (Å²) >= 11 is 0. The van der Waals surface area contributed by atoms with Crippen molar-refractivity contribution in [2.75, 3.05) is 32.8 Å². The molecule has 0 aliphatic carbocycles.